The van der Waals surface area contributed by atoms with Gasteiger partial charge in [-0.2, -0.15) is 5.10 Å². The van der Waals surface area contributed by atoms with Crippen molar-refractivity contribution in [2.45, 2.75) is 12.5 Å². The van der Waals surface area contributed by atoms with Gasteiger partial charge in [0.05, 0.1) is 23.6 Å². The second kappa shape index (κ2) is 5.76. The summed E-state index contributed by atoms with van der Waals surface area (Å²) < 4.78 is 0. The van der Waals surface area contributed by atoms with Crippen LogP contribution in [0.5, 0.6) is 0 Å². The van der Waals surface area contributed by atoms with E-state index in [0.29, 0.717) is 11.3 Å². The molecule has 26 heavy (non-hydrogen) atoms. The molecule has 0 saturated carbocycles. The van der Waals surface area contributed by atoms with E-state index in [4.69, 9.17) is 0 Å². The highest BCUT2D eigenvalue weighted by atomic mass is 16.2. The summed E-state index contributed by atoms with van der Waals surface area (Å²) in [4.78, 5) is 30.7. The fourth-order valence-corrected chi connectivity index (χ4v) is 3.26. The predicted molar refractivity (Wildman–Crippen MR) is 94.1 cm³/mol. The quantitative estimate of drug-likeness (QED) is 0.593. The van der Waals surface area contributed by atoms with Crippen molar-refractivity contribution in [2.24, 2.45) is 0 Å². The van der Waals surface area contributed by atoms with Crippen LogP contribution in [0.25, 0.3) is 22.3 Å². The second-order valence-corrected chi connectivity index (χ2v) is 6.24. The number of pyridine rings is 1. The summed E-state index contributed by atoms with van der Waals surface area (Å²) in [7, 11) is 0. The van der Waals surface area contributed by atoms with Crippen LogP contribution in [0, 0.1) is 0 Å². The van der Waals surface area contributed by atoms with E-state index in [1.54, 1.807) is 18.6 Å². The Hall–Kier alpha value is -3.55. The third-order valence-corrected chi connectivity index (χ3v) is 4.73. The van der Waals surface area contributed by atoms with E-state index < -0.39 is 0 Å². The molecule has 1 aliphatic heterocycles. The number of fused-ring (bicyclic) bond motifs is 1. The molecule has 2 N–H and O–H groups in total. The van der Waals surface area contributed by atoms with Crippen molar-refractivity contribution in [3.05, 3.63) is 60.6 Å². The van der Waals surface area contributed by atoms with Crippen LogP contribution >= 0.6 is 0 Å². The average Bonchev–Trinajstić information content (AvgIpc) is 3.30. The van der Waals surface area contributed by atoms with Gasteiger partial charge in [-0.1, -0.05) is 0 Å². The predicted octanol–water partition coefficient (Wildman–Crippen LogP) is 2.33. The zero-order chi connectivity index (χ0) is 17.5. The van der Waals surface area contributed by atoms with Gasteiger partial charge in [0.2, 0.25) is 0 Å². The number of aromatic nitrogens is 6. The van der Waals surface area contributed by atoms with Crippen LogP contribution in [-0.2, 0) is 0 Å². The highest BCUT2D eigenvalue weighted by Crippen LogP contribution is 2.33. The molecule has 0 aliphatic carbocycles. The Morgan fingerprint density at radius 1 is 1.27 bits per heavy atom. The van der Waals surface area contributed by atoms with Crippen LogP contribution in [0.4, 0.5) is 0 Å². The Bertz CT molecular complexity index is 1070. The molecule has 128 valence electrons. The lowest BCUT2D eigenvalue weighted by Crippen LogP contribution is -2.45. The van der Waals surface area contributed by atoms with Crippen LogP contribution in [0.1, 0.15) is 28.6 Å². The van der Waals surface area contributed by atoms with Crippen molar-refractivity contribution >= 4 is 16.9 Å². The fraction of sp³-hybridized carbons (Fsp3) is 0.167. The van der Waals surface area contributed by atoms with Crippen LogP contribution in [0.2, 0.25) is 0 Å². The Morgan fingerprint density at radius 3 is 2.96 bits per heavy atom. The van der Waals surface area contributed by atoms with Crippen molar-refractivity contribution in [2.75, 3.05) is 6.54 Å². The monoisotopic (exact) mass is 345 g/mol. The minimum absolute atomic E-state index is 0.00589. The van der Waals surface area contributed by atoms with Gasteiger partial charge in [-0.05, 0) is 30.7 Å². The van der Waals surface area contributed by atoms with Crippen LogP contribution < -0.4 is 0 Å². The van der Waals surface area contributed by atoms with Gasteiger partial charge in [0.25, 0.3) is 5.91 Å². The summed E-state index contributed by atoms with van der Waals surface area (Å²) in [6.45, 7) is 0.719. The average molecular weight is 345 g/mol. The molecular formula is C18H15N7O. The van der Waals surface area contributed by atoms with Gasteiger partial charge in [-0.25, -0.2) is 15.0 Å². The molecule has 5 rings (SSSR count). The molecule has 4 aromatic heterocycles. The summed E-state index contributed by atoms with van der Waals surface area (Å²) in [6, 6.07) is 7.58. The Balaban J connectivity index is 1.44. The van der Waals surface area contributed by atoms with Crippen molar-refractivity contribution in [3.8, 4) is 11.3 Å². The molecule has 0 spiro atoms. The van der Waals surface area contributed by atoms with Gasteiger partial charge in [-0.3, -0.25) is 9.89 Å². The summed E-state index contributed by atoms with van der Waals surface area (Å²) in [5.74, 6) is -0.0391. The maximum atomic E-state index is 12.9. The number of rotatable bonds is 3. The molecule has 0 bridgehead atoms. The largest absolute Gasteiger partial charge is 0.335 e. The number of aromatic amines is 2. The van der Waals surface area contributed by atoms with Gasteiger partial charge in [0, 0.05) is 29.9 Å². The van der Waals surface area contributed by atoms with E-state index in [0.717, 1.165) is 35.3 Å². The maximum absolute atomic E-state index is 12.9. The Kier molecular flexibility index (Phi) is 3.27. The van der Waals surface area contributed by atoms with Crippen molar-refractivity contribution < 1.29 is 4.79 Å². The van der Waals surface area contributed by atoms with Gasteiger partial charge in [-0.15, -0.1) is 0 Å². The SMILES string of the molecule is O=C(c1cc2ccc(-c3cn[nH]c3)nc2[nH]1)N1CC[C@@H]1c1ccncn1. The Morgan fingerprint density at radius 2 is 2.23 bits per heavy atom. The number of nitrogens with one attached hydrogen (secondary N) is 2. The van der Waals surface area contributed by atoms with Gasteiger partial charge in [0.1, 0.15) is 17.7 Å². The first-order valence-electron chi connectivity index (χ1n) is 8.35. The second-order valence-electron chi connectivity index (χ2n) is 6.24. The number of hydrogen-bond donors (Lipinski definition) is 2. The topological polar surface area (TPSA) is 103 Å². The molecule has 8 nitrogen and oxygen atoms in total. The van der Waals surface area contributed by atoms with Crippen LogP contribution in [0.3, 0.4) is 0 Å². The van der Waals surface area contributed by atoms with E-state index in [1.807, 2.05) is 29.2 Å². The summed E-state index contributed by atoms with van der Waals surface area (Å²) in [5, 5.41) is 7.63. The summed E-state index contributed by atoms with van der Waals surface area (Å²) in [6.07, 6.45) is 7.63. The van der Waals surface area contributed by atoms with Crippen molar-refractivity contribution in [3.63, 3.8) is 0 Å². The number of likely N-dealkylation sites (tertiary alicyclic amines) is 1. The lowest BCUT2D eigenvalue weighted by Gasteiger charge is -2.40. The van der Waals surface area contributed by atoms with E-state index in [-0.39, 0.29) is 11.9 Å². The lowest BCUT2D eigenvalue weighted by atomic mass is 9.99. The number of nitrogens with zero attached hydrogens (tertiary/aromatic N) is 5. The minimum Gasteiger partial charge on any atom is -0.335 e. The smallest absolute Gasteiger partial charge is 0.270 e. The highest BCUT2D eigenvalue weighted by Gasteiger charge is 2.35. The van der Waals surface area contributed by atoms with E-state index >= 15 is 0 Å². The molecule has 1 atom stereocenters. The maximum Gasteiger partial charge on any atom is 0.270 e. The normalized spacial score (nSPS) is 16.6. The van der Waals surface area contributed by atoms with Crippen molar-refractivity contribution in [1.29, 1.82) is 0 Å². The third kappa shape index (κ3) is 2.34. The Labute approximate surface area is 148 Å². The first-order valence-corrected chi connectivity index (χ1v) is 8.35. The molecule has 1 fully saturated rings. The molecule has 5 heterocycles. The zero-order valence-electron chi connectivity index (χ0n) is 13.8. The minimum atomic E-state index is -0.0391. The third-order valence-electron chi connectivity index (χ3n) is 4.73. The first-order chi connectivity index (χ1) is 12.8. The van der Waals surface area contributed by atoms with E-state index in [9.17, 15) is 4.79 Å². The molecule has 8 heteroatoms. The number of H-pyrrole nitrogens is 2. The number of carbonyl (C=O) groups excluding carboxylic acids is 1. The van der Waals surface area contributed by atoms with Crippen LogP contribution in [-0.4, -0.2) is 47.5 Å². The van der Waals surface area contributed by atoms with Gasteiger partial charge < -0.3 is 9.88 Å². The molecule has 4 aromatic rings. The molecule has 1 saturated heterocycles. The van der Waals surface area contributed by atoms with Crippen LogP contribution in [0.15, 0.2) is 49.2 Å². The molecular weight excluding hydrogens is 330 g/mol. The van der Waals surface area contributed by atoms with Gasteiger partial charge in [0.15, 0.2) is 0 Å². The van der Waals surface area contributed by atoms with E-state index in [1.165, 1.54) is 6.33 Å². The molecule has 0 aromatic carbocycles. The highest BCUT2D eigenvalue weighted by molar-refractivity contribution is 5.98. The molecule has 1 aliphatic rings. The fourth-order valence-electron chi connectivity index (χ4n) is 3.26. The van der Waals surface area contributed by atoms with Crippen molar-refractivity contribution in [1.82, 2.24) is 35.0 Å². The zero-order valence-corrected chi connectivity index (χ0v) is 13.8. The first kappa shape index (κ1) is 14.8. The molecule has 0 radical (unpaired) electrons. The lowest BCUT2D eigenvalue weighted by molar-refractivity contribution is 0.0445. The standard InChI is InChI=1S/C18H15N7O/c26-18(25-6-4-16(25)14-3-5-19-10-20-14)15-7-11-1-2-13(23-17(11)24-15)12-8-21-22-9-12/h1-3,5,7-10,16H,4,6H2,(H,21,22)(H,23,24)/t16-/m1/s1. The summed E-state index contributed by atoms with van der Waals surface area (Å²) >= 11 is 0. The number of hydrogen-bond acceptors (Lipinski definition) is 5. The number of carbonyl (C=O) groups is 1. The van der Waals surface area contributed by atoms with E-state index in [2.05, 4.69) is 30.1 Å². The summed E-state index contributed by atoms with van der Waals surface area (Å²) in [5.41, 5.74) is 3.80. The molecule has 1 amide bonds. The number of amides is 1. The van der Waals surface area contributed by atoms with Gasteiger partial charge >= 0.3 is 0 Å². The molecule has 0 unspecified atom stereocenters.